The third-order valence-electron chi connectivity index (χ3n) is 7.86. The number of aliphatic hydroxyl groups excluding tert-OH is 2. The molecule has 3 aliphatic carbocycles. The van der Waals surface area contributed by atoms with Gasteiger partial charge in [-0.15, -0.1) is 0 Å². The molecule has 0 radical (unpaired) electrons. The monoisotopic (exact) mass is 486 g/mol. The van der Waals surface area contributed by atoms with Gasteiger partial charge in [0.25, 0.3) is 0 Å². The number of halogens is 3. The summed E-state index contributed by atoms with van der Waals surface area (Å²) in [6, 6.07) is 0. The lowest BCUT2D eigenvalue weighted by molar-refractivity contribution is -0.255. The van der Waals surface area contributed by atoms with Gasteiger partial charge in [0.1, 0.15) is 6.10 Å². The van der Waals surface area contributed by atoms with Crippen LogP contribution in [-0.4, -0.2) is 51.4 Å². The van der Waals surface area contributed by atoms with Crippen LogP contribution in [0.5, 0.6) is 0 Å². The van der Waals surface area contributed by atoms with Crippen molar-refractivity contribution in [2.45, 2.75) is 109 Å². The smallest absolute Gasteiger partial charge is 0.416 e. The van der Waals surface area contributed by atoms with Crippen molar-refractivity contribution >= 4 is 5.97 Å². The van der Waals surface area contributed by atoms with E-state index in [1.54, 1.807) is 6.92 Å². The van der Waals surface area contributed by atoms with Gasteiger partial charge in [-0.3, -0.25) is 4.79 Å². The lowest BCUT2D eigenvalue weighted by atomic mass is 9.63. The summed E-state index contributed by atoms with van der Waals surface area (Å²) in [6.45, 7) is 4.57. The number of fused-ring (bicyclic) bond motifs is 1. The number of hydrogen-bond acceptors (Lipinski definition) is 5. The van der Waals surface area contributed by atoms with E-state index in [4.69, 9.17) is 4.74 Å². The summed E-state index contributed by atoms with van der Waals surface area (Å²) >= 11 is 0. The van der Waals surface area contributed by atoms with Crippen molar-refractivity contribution in [3.05, 3.63) is 34.9 Å². The highest BCUT2D eigenvalue weighted by molar-refractivity contribution is 5.70. The molecule has 192 valence electrons. The van der Waals surface area contributed by atoms with E-state index in [0.29, 0.717) is 26.2 Å². The number of carbonyl (C=O) groups excluding carboxylic acids is 1. The summed E-state index contributed by atoms with van der Waals surface area (Å²) in [7, 11) is 0. The lowest BCUT2D eigenvalue weighted by Crippen LogP contribution is -2.42. The average Bonchev–Trinajstić information content (AvgIpc) is 3.07. The Morgan fingerprint density at radius 2 is 1.91 bits per heavy atom. The van der Waals surface area contributed by atoms with Gasteiger partial charge in [-0.2, -0.15) is 13.2 Å². The minimum atomic E-state index is -4.80. The second-order valence-electron chi connectivity index (χ2n) is 10.6. The van der Waals surface area contributed by atoms with Crippen molar-refractivity contribution in [2.75, 3.05) is 0 Å². The first-order valence-electron chi connectivity index (χ1n) is 12.2. The van der Waals surface area contributed by atoms with Crippen molar-refractivity contribution in [2.24, 2.45) is 11.3 Å². The molecule has 5 nitrogen and oxygen atoms in total. The summed E-state index contributed by atoms with van der Waals surface area (Å²) in [6.07, 6.45) is 3.80. The van der Waals surface area contributed by atoms with Crippen LogP contribution in [0.25, 0.3) is 0 Å². The first-order valence-corrected chi connectivity index (χ1v) is 12.2. The third kappa shape index (κ3) is 5.94. The number of aliphatic hydroxyl groups is 3. The van der Waals surface area contributed by atoms with Gasteiger partial charge in [0.2, 0.25) is 0 Å². The Hall–Kier alpha value is -1.64. The van der Waals surface area contributed by atoms with Crippen LogP contribution in [0, 0.1) is 11.3 Å². The first-order chi connectivity index (χ1) is 15.7. The normalized spacial score (nSPS) is 33.7. The van der Waals surface area contributed by atoms with Crippen LogP contribution in [-0.2, 0) is 9.53 Å². The van der Waals surface area contributed by atoms with Crippen LogP contribution >= 0.6 is 0 Å². The largest absolute Gasteiger partial charge is 0.458 e. The molecule has 2 saturated carbocycles. The van der Waals surface area contributed by atoms with Gasteiger partial charge in [0.05, 0.1) is 12.2 Å². The number of hydrogen-bond donors (Lipinski definition) is 3. The molecule has 0 aromatic heterocycles. The minimum Gasteiger partial charge on any atom is -0.458 e. The Bertz CT molecular complexity index is 845. The molecule has 0 amide bonds. The number of ether oxygens (including phenoxy) is 1. The number of carbonyl (C=O) groups is 1. The number of esters is 1. The Morgan fingerprint density at radius 1 is 1.26 bits per heavy atom. The molecule has 0 heterocycles. The molecule has 8 heteroatoms. The Morgan fingerprint density at radius 3 is 2.53 bits per heavy atom. The minimum absolute atomic E-state index is 0.203. The summed E-state index contributed by atoms with van der Waals surface area (Å²) in [4.78, 5) is 12.3. The van der Waals surface area contributed by atoms with E-state index >= 15 is 0 Å². The predicted octanol–water partition coefficient (Wildman–Crippen LogP) is 4.91. The molecule has 0 aromatic rings. The molecule has 34 heavy (non-hydrogen) atoms. The molecule has 0 spiro atoms. The van der Waals surface area contributed by atoms with E-state index in [1.807, 2.05) is 6.08 Å². The molecule has 0 aliphatic heterocycles. The number of rotatable bonds is 6. The molecular weight excluding hydrogens is 449 g/mol. The summed E-state index contributed by atoms with van der Waals surface area (Å²) < 4.78 is 44.0. The van der Waals surface area contributed by atoms with Gasteiger partial charge in [0.15, 0.2) is 5.60 Å². The molecule has 1 unspecified atom stereocenters. The van der Waals surface area contributed by atoms with E-state index in [9.17, 15) is 33.3 Å². The fourth-order valence-corrected chi connectivity index (χ4v) is 5.82. The van der Waals surface area contributed by atoms with E-state index in [-0.39, 0.29) is 11.3 Å². The Labute approximate surface area is 199 Å². The fourth-order valence-electron chi connectivity index (χ4n) is 5.82. The molecular formula is C26H37F3O5. The number of allylic oxidation sites excluding steroid dienone is 4. The van der Waals surface area contributed by atoms with Gasteiger partial charge >= 0.3 is 12.1 Å². The maximum absolute atomic E-state index is 12.8. The maximum Gasteiger partial charge on any atom is 0.416 e. The summed E-state index contributed by atoms with van der Waals surface area (Å²) in [5.41, 5.74) is 0.193. The molecule has 0 bridgehead atoms. The zero-order valence-electron chi connectivity index (χ0n) is 20.2. The van der Waals surface area contributed by atoms with Crippen molar-refractivity contribution < 1.29 is 38.0 Å². The van der Waals surface area contributed by atoms with Crippen LogP contribution in [0.4, 0.5) is 13.2 Å². The van der Waals surface area contributed by atoms with E-state index in [2.05, 4.69) is 19.1 Å². The van der Waals surface area contributed by atoms with Crippen LogP contribution in [0.2, 0.25) is 0 Å². The van der Waals surface area contributed by atoms with Gasteiger partial charge in [-0.25, -0.2) is 0 Å². The van der Waals surface area contributed by atoms with Gasteiger partial charge in [0, 0.05) is 6.42 Å². The van der Waals surface area contributed by atoms with Gasteiger partial charge in [-0.1, -0.05) is 36.3 Å². The van der Waals surface area contributed by atoms with Crippen LogP contribution < -0.4 is 0 Å². The molecule has 3 rings (SSSR count). The van der Waals surface area contributed by atoms with E-state index < -0.39 is 48.9 Å². The van der Waals surface area contributed by atoms with Crippen molar-refractivity contribution in [1.29, 1.82) is 0 Å². The van der Waals surface area contributed by atoms with E-state index in [0.717, 1.165) is 36.8 Å². The van der Waals surface area contributed by atoms with Crippen molar-refractivity contribution in [3.8, 4) is 0 Å². The second-order valence-corrected chi connectivity index (χ2v) is 10.6. The highest BCUT2D eigenvalue weighted by Gasteiger charge is 2.50. The highest BCUT2D eigenvalue weighted by Crippen LogP contribution is 2.55. The zero-order chi connectivity index (χ0) is 25.3. The molecule has 3 N–H and O–H groups in total. The quantitative estimate of drug-likeness (QED) is 0.367. The maximum atomic E-state index is 12.8. The second kappa shape index (κ2) is 10.2. The fraction of sp³-hybridized carbons (Fsp3) is 0.731. The van der Waals surface area contributed by atoms with Gasteiger partial charge in [-0.05, 0) is 82.1 Å². The SMILES string of the molecule is C[C@H](OC(=O)CCC(C)(O)C(F)(F)F)C1=CC[C@H]2/C(=C/C=C3C[C@@H](O)C[C@H](O)C3)CCC[C@]12C. The van der Waals surface area contributed by atoms with Crippen LogP contribution in [0.15, 0.2) is 34.9 Å². The summed E-state index contributed by atoms with van der Waals surface area (Å²) in [5, 5.41) is 29.4. The predicted molar refractivity (Wildman–Crippen MR) is 122 cm³/mol. The van der Waals surface area contributed by atoms with E-state index in [1.165, 1.54) is 5.57 Å². The van der Waals surface area contributed by atoms with Crippen molar-refractivity contribution in [3.63, 3.8) is 0 Å². The highest BCUT2D eigenvalue weighted by atomic mass is 19.4. The average molecular weight is 487 g/mol. The summed E-state index contributed by atoms with van der Waals surface area (Å²) in [5.74, 6) is -0.505. The van der Waals surface area contributed by atoms with Crippen molar-refractivity contribution in [1.82, 2.24) is 0 Å². The molecule has 3 aliphatic rings. The Kier molecular flexibility index (Phi) is 8.05. The third-order valence-corrected chi connectivity index (χ3v) is 7.86. The Balaban J connectivity index is 1.64. The van der Waals surface area contributed by atoms with Crippen LogP contribution in [0.3, 0.4) is 0 Å². The van der Waals surface area contributed by atoms with Crippen LogP contribution in [0.1, 0.15) is 78.6 Å². The van der Waals surface area contributed by atoms with Gasteiger partial charge < -0.3 is 20.1 Å². The standard InChI is InChI=1S/C26H37F3O5/c1-16(34-23(32)10-12-25(3,33)26(27,28)29)21-8-9-22-18(5-4-11-24(21,22)2)7-6-17-13-19(30)15-20(31)14-17/h6-8,16,19-20,22,30-31,33H,4-5,9-15H2,1-3H3/b18-7+/t16-,19+,20+,22-,24+,25?/m0/s1. The molecule has 2 fully saturated rings. The lowest BCUT2D eigenvalue weighted by Gasteiger charge is -2.42. The number of alkyl halides is 3. The topological polar surface area (TPSA) is 87.0 Å². The molecule has 0 aromatic carbocycles. The first kappa shape index (κ1) is 27.0. The zero-order valence-corrected chi connectivity index (χ0v) is 20.2. The molecule has 0 saturated heterocycles. The molecule has 6 atom stereocenters.